The monoisotopic (exact) mass is 385 g/mol. The number of amides is 2. The van der Waals surface area contributed by atoms with Crippen LogP contribution in [0.3, 0.4) is 0 Å². The second-order valence-corrected chi connectivity index (χ2v) is 8.35. The van der Waals surface area contributed by atoms with E-state index in [9.17, 15) is 9.59 Å². The van der Waals surface area contributed by atoms with Crippen molar-refractivity contribution in [3.63, 3.8) is 0 Å². The molecule has 2 aromatic rings. The molecular weight excluding hydrogens is 366 g/mol. The van der Waals surface area contributed by atoms with Crippen LogP contribution < -0.4 is 4.90 Å². The molecule has 5 nitrogen and oxygen atoms in total. The van der Waals surface area contributed by atoms with E-state index in [4.69, 9.17) is 0 Å². The van der Waals surface area contributed by atoms with Gasteiger partial charge in [0.25, 0.3) is 11.8 Å². The molecule has 0 spiro atoms. The summed E-state index contributed by atoms with van der Waals surface area (Å²) in [6.45, 7) is 4.10. The van der Waals surface area contributed by atoms with Crippen LogP contribution in [0.4, 0.5) is 5.69 Å². The Balaban J connectivity index is 1.74. The van der Waals surface area contributed by atoms with Gasteiger partial charge in [0.1, 0.15) is 5.03 Å². The Labute approximate surface area is 161 Å². The van der Waals surface area contributed by atoms with Gasteiger partial charge in [-0.2, -0.15) is 11.8 Å². The van der Waals surface area contributed by atoms with Crippen LogP contribution in [0.2, 0.25) is 0 Å². The molecule has 2 aliphatic heterocycles. The first-order valence-corrected chi connectivity index (χ1v) is 10.6. The van der Waals surface area contributed by atoms with E-state index < -0.39 is 0 Å². The normalized spacial score (nSPS) is 16.7. The summed E-state index contributed by atoms with van der Waals surface area (Å²) in [5.74, 6) is 1.99. The summed E-state index contributed by atoms with van der Waals surface area (Å²) in [7, 11) is 0. The van der Waals surface area contributed by atoms with Crippen LogP contribution >= 0.6 is 23.5 Å². The van der Waals surface area contributed by atoms with Crippen LogP contribution in [0.15, 0.2) is 46.5 Å². The molecule has 7 heteroatoms. The molecule has 2 aliphatic rings. The standard InChI is InChI=1S/C19H19N3O2S2/c1-2-22-15-6-5-13(18(23)21-8-10-25-11-9-21)12-16(15)26-17-14(19(22)24)4-3-7-20-17/h3-7,12H,2,8-11H2,1H3. The smallest absolute Gasteiger partial charge is 0.261 e. The quantitative estimate of drug-likeness (QED) is 0.793. The van der Waals surface area contributed by atoms with Crippen LogP contribution in [0.25, 0.3) is 0 Å². The third kappa shape index (κ3) is 3.10. The summed E-state index contributed by atoms with van der Waals surface area (Å²) in [5, 5.41) is 0.689. The van der Waals surface area contributed by atoms with Gasteiger partial charge in [-0.25, -0.2) is 4.98 Å². The molecule has 0 bridgehead atoms. The number of nitrogens with zero attached hydrogens (tertiary/aromatic N) is 3. The van der Waals surface area contributed by atoms with Gasteiger partial charge in [-0.05, 0) is 37.3 Å². The van der Waals surface area contributed by atoms with Gasteiger partial charge in [-0.15, -0.1) is 0 Å². The fourth-order valence-corrected chi connectivity index (χ4v) is 5.17. The molecule has 2 amide bonds. The van der Waals surface area contributed by atoms with Gasteiger partial charge in [0.15, 0.2) is 0 Å². The van der Waals surface area contributed by atoms with Gasteiger partial charge in [-0.1, -0.05) is 11.8 Å². The highest BCUT2D eigenvalue weighted by Gasteiger charge is 2.28. The fraction of sp³-hybridized carbons (Fsp3) is 0.316. The Morgan fingerprint density at radius 1 is 1.23 bits per heavy atom. The minimum absolute atomic E-state index is 0.0472. The Hall–Kier alpha value is -1.99. The van der Waals surface area contributed by atoms with E-state index in [2.05, 4.69) is 4.98 Å². The van der Waals surface area contributed by atoms with Gasteiger partial charge < -0.3 is 9.80 Å². The molecule has 0 aliphatic carbocycles. The van der Waals surface area contributed by atoms with E-state index in [1.807, 2.05) is 47.9 Å². The largest absolute Gasteiger partial charge is 0.337 e. The van der Waals surface area contributed by atoms with Crippen LogP contribution in [-0.2, 0) is 0 Å². The van der Waals surface area contributed by atoms with Crippen LogP contribution in [-0.4, -0.2) is 52.8 Å². The molecule has 26 heavy (non-hydrogen) atoms. The second-order valence-electron chi connectivity index (χ2n) is 6.09. The zero-order valence-corrected chi connectivity index (χ0v) is 16.1. The number of hydrogen-bond acceptors (Lipinski definition) is 5. The molecule has 0 radical (unpaired) electrons. The van der Waals surface area contributed by atoms with Crippen molar-refractivity contribution in [1.82, 2.24) is 9.88 Å². The molecule has 1 saturated heterocycles. The Kier molecular flexibility index (Phi) is 4.91. The van der Waals surface area contributed by atoms with Crippen LogP contribution in [0, 0.1) is 0 Å². The predicted octanol–water partition coefficient (Wildman–Crippen LogP) is 3.40. The van der Waals surface area contributed by atoms with Crippen LogP contribution in [0.5, 0.6) is 0 Å². The lowest BCUT2D eigenvalue weighted by Gasteiger charge is -2.27. The minimum atomic E-state index is -0.0472. The highest BCUT2D eigenvalue weighted by Crippen LogP contribution is 2.40. The number of fused-ring (bicyclic) bond motifs is 2. The van der Waals surface area contributed by atoms with Crippen molar-refractivity contribution < 1.29 is 9.59 Å². The molecule has 3 heterocycles. The number of anilines is 1. The van der Waals surface area contributed by atoms with E-state index in [1.54, 1.807) is 17.2 Å². The molecule has 0 saturated carbocycles. The fourth-order valence-electron chi connectivity index (χ4n) is 3.21. The number of pyridine rings is 1. The zero-order valence-electron chi connectivity index (χ0n) is 14.5. The first-order valence-electron chi connectivity index (χ1n) is 8.65. The van der Waals surface area contributed by atoms with Crippen molar-refractivity contribution in [2.45, 2.75) is 16.8 Å². The van der Waals surface area contributed by atoms with Crippen LogP contribution in [0.1, 0.15) is 27.6 Å². The molecule has 1 aromatic heterocycles. The number of benzene rings is 1. The summed E-state index contributed by atoms with van der Waals surface area (Å²) < 4.78 is 0. The number of carbonyl (C=O) groups is 2. The van der Waals surface area contributed by atoms with Crippen molar-refractivity contribution >= 4 is 41.0 Å². The maximum Gasteiger partial charge on any atom is 0.261 e. The molecule has 4 rings (SSSR count). The number of rotatable bonds is 2. The third-order valence-corrected chi connectivity index (χ3v) is 6.57. The first-order chi connectivity index (χ1) is 12.7. The topological polar surface area (TPSA) is 53.5 Å². The second kappa shape index (κ2) is 7.32. The van der Waals surface area contributed by atoms with Crippen molar-refractivity contribution in [1.29, 1.82) is 0 Å². The molecule has 1 aromatic carbocycles. The third-order valence-electron chi connectivity index (χ3n) is 4.57. The lowest BCUT2D eigenvalue weighted by molar-refractivity contribution is 0.0772. The summed E-state index contributed by atoms with van der Waals surface area (Å²) in [6, 6.07) is 9.22. The lowest BCUT2D eigenvalue weighted by atomic mass is 10.1. The van der Waals surface area contributed by atoms with E-state index >= 15 is 0 Å². The highest BCUT2D eigenvalue weighted by atomic mass is 32.2. The lowest BCUT2D eigenvalue weighted by Crippen LogP contribution is -2.38. The average molecular weight is 386 g/mol. The summed E-state index contributed by atoms with van der Waals surface area (Å²) >= 11 is 3.34. The zero-order chi connectivity index (χ0) is 18.1. The van der Waals surface area contributed by atoms with Gasteiger partial charge in [-0.3, -0.25) is 9.59 Å². The van der Waals surface area contributed by atoms with Crippen molar-refractivity contribution in [3.05, 3.63) is 47.7 Å². The molecule has 1 fully saturated rings. The maximum atomic E-state index is 12.9. The number of carbonyl (C=O) groups excluding carboxylic acids is 2. The van der Waals surface area contributed by atoms with E-state index in [-0.39, 0.29) is 11.8 Å². The summed E-state index contributed by atoms with van der Waals surface area (Å²) in [5.41, 5.74) is 2.12. The molecule has 134 valence electrons. The number of hydrogen-bond donors (Lipinski definition) is 0. The summed E-state index contributed by atoms with van der Waals surface area (Å²) in [6.07, 6.45) is 1.70. The van der Waals surface area contributed by atoms with Gasteiger partial charge in [0, 0.05) is 47.8 Å². The van der Waals surface area contributed by atoms with Crippen molar-refractivity contribution in [3.8, 4) is 0 Å². The van der Waals surface area contributed by atoms with Crippen molar-refractivity contribution in [2.75, 3.05) is 36.0 Å². The maximum absolute atomic E-state index is 12.9. The first kappa shape index (κ1) is 17.4. The predicted molar refractivity (Wildman–Crippen MR) is 105 cm³/mol. The SMILES string of the molecule is CCN1C(=O)c2cccnc2Sc2cc(C(=O)N3CCSCC3)ccc21. The Morgan fingerprint density at radius 3 is 2.81 bits per heavy atom. The van der Waals surface area contributed by atoms with E-state index in [0.29, 0.717) is 22.7 Å². The van der Waals surface area contributed by atoms with Gasteiger partial charge in [0.2, 0.25) is 0 Å². The summed E-state index contributed by atoms with van der Waals surface area (Å²) in [4.78, 5) is 34.7. The molecule has 0 unspecified atom stereocenters. The molecule has 0 N–H and O–H groups in total. The van der Waals surface area contributed by atoms with Crippen molar-refractivity contribution in [2.24, 2.45) is 0 Å². The number of aromatic nitrogens is 1. The van der Waals surface area contributed by atoms with Gasteiger partial charge >= 0.3 is 0 Å². The average Bonchev–Trinajstić information content (AvgIpc) is 2.81. The van der Waals surface area contributed by atoms with E-state index in [0.717, 1.165) is 35.2 Å². The Bertz CT molecular complexity index is 866. The molecular formula is C19H19N3O2S2. The van der Waals surface area contributed by atoms with E-state index in [1.165, 1.54) is 11.8 Å². The van der Waals surface area contributed by atoms with Gasteiger partial charge in [0.05, 0.1) is 11.3 Å². The Morgan fingerprint density at radius 2 is 2.04 bits per heavy atom. The molecule has 0 atom stereocenters. The minimum Gasteiger partial charge on any atom is -0.337 e. The highest BCUT2D eigenvalue weighted by molar-refractivity contribution is 7.99. The number of thioether (sulfide) groups is 1.